The van der Waals surface area contributed by atoms with Gasteiger partial charge in [0.15, 0.2) is 0 Å². The number of hydrogen-bond acceptors (Lipinski definition) is 5. The van der Waals surface area contributed by atoms with E-state index in [4.69, 9.17) is 4.74 Å². The molecule has 0 aliphatic carbocycles. The summed E-state index contributed by atoms with van der Waals surface area (Å²) >= 11 is 0. The van der Waals surface area contributed by atoms with Gasteiger partial charge in [0, 0.05) is 110 Å². The monoisotopic (exact) mass is 486 g/mol. The summed E-state index contributed by atoms with van der Waals surface area (Å²) in [5.41, 5.74) is -0.0654. The van der Waals surface area contributed by atoms with E-state index in [-0.39, 0.29) is 110 Å². The van der Waals surface area contributed by atoms with Gasteiger partial charge in [-0.2, -0.15) is 0 Å². The predicted molar refractivity (Wildman–Crippen MR) is 55.5 cm³/mol. The molecule has 0 aromatic heterocycles. The van der Waals surface area contributed by atoms with E-state index in [9.17, 15) is 15.3 Å². The van der Waals surface area contributed by atoms with Crippen LogP contribution >= 0.6 is 0 Å². The maximum Gasteiger partial charge on any atom is 0.111 e. The number of aliphatic hydroxyl groups is 3. The molecule has 3 radical (unpaired) electrons. The van der Waals surface area contributed by atoms with E-state index in [2.05, 4.69) is 5.32 Å². The molecule has 5 nitrogen and oxygen atoms in total. The van der Waals surface area contributed by atoms with Crippen molar-refractivity contribution in [3.05, 3.63) is 0 Å². The standard InChI is InChI=1S/C10H21NO4.3Y/c1-10(2,3)11-4-7-9(14)8(13)6(12)5-15-7;;;/h6-9,11-14H,4-5H2,1-3H3;;;/t6-,7+,8+,9+;;;/m0.../s1. The van der Waals surface area contributed by atoms with Crippen LogP contribution in [0.1, 0.15) is 20.8 Å². The molecule has 0 unspecified atom stereocenters. The molecule has 1 aliphatic rings. The Bertz CT molecular complexity index is 216. The normalized spacial score (nSPS) is 31.7. The molecule has 0 aromatic carbocycles. The zero-order valence-electron chi connectivity index (χ0n) is 11.2. The minimum absolute atomic E-state index is 0. The summed E-state index contributed by atoms with van der Waals surface area (Å²) in [6.07, 6.45) is -3.62. The van der Waals surface area contributed by atoms with Gasteiger partial charge >= 0.3 is 0 Å². The van der Waals surface area contributed by atoms with Crippen LogP contribution in [0.4, 0.5) is 0 Å². The Kier molecular flexibility index (Phi) is 16.8. The van der Waals surface area contributed by atoms with Gasteiger partial charge in [-0.15, -0.1) is 0 Å². The molecule has 1 saturated heterocycles. The van der Waals surface area contributed by atoms with Crippen LogP contribution in [0.2, 0.25) is 0 Å². The minimum atomic E-state index is -1.12. The van der Waals surface area contributed by atoms with Gasteiger partial charge in [0.1, 0.15) is 18.3 Å². The SMILES string of the molecule is CC(C)(C)NC[C@H]1OC[C@H](O)[C@@H](O)[C@@H]1O.[Y].[Y].[Y]. The summed E-state index contributed by atoms with van der Waals surface area (Å²) in [4.78, 5) is 0. The van der Waals surface area contributed by atoms with Crippen LogP contribution < -0.4 is 5.32 Å². The summed E-state index contributed by atoms with van der Waals surface area (Å²) in [5, 5.41) is 31.5. The van der Waals surface area contributed by atoms with Crippen molar-refractivity contribution in [3.8, 4) is 0 Å². The number of aliphatic hydroxyl groups excluding tert-OH is 3. The number of hydrogen-bond donors (Lipinski definition) is 4. The van der Waals surface area contributed by atoms with Crippen molar-refractivity contribution in [2.45, 2.75) is 50.7 Å². The van der Waals surface area contributed by atoms with E-state index >= 15 is 0 Å². The third-order valence-corrected chi connectivity index (χ3v) is 2.44. The van der Waals surface area contributed by atoms with Gasteiger partial charge in [0.2, 0.25) is 0 Å². The topological polar surface area (TPSA) is 82.0 Å². The fourth-order valence-electron chi connectivity index (χ4n) is 1.45. The Balaban J connectivity index is -0.000000750. The van der Waals surface area contributed by atoms with Crippen LogP contribution in [0.25, 0.3) is 0 Å². The maximum atomic E-state index is 9.63. The molecule has 4 N–H and O–H groups in total. The van der Waals surface area contributed by atoms with E-state index in [0.717, 1.165) is 0 Å². The molecular weight excluding hydrogens is 465 g/mol. The molecule has 0 saturated carbocycles. The molecule has 8 heteroatoms. The second-order valence-electron chi connectivity index (χ2n) is 5.05. The van der Waals surface area contributed by atoms with Crippen molar-refractivity contribution in [1.82, 2.24) is 5.32 Å². The van der Waals surface area contributed by atoms with Gasteiger partial charge in [-0.05, 0) is 20.8 Å². The molecule has 1 heterocycles. The van der Waals surface area contributed by atoms with Crippen LogP contribution in [0, 0.1) is 0 Å². The second-order valence-corrected chi connectivity index (χ2v) is 5.05. The fourth-order valence-corrected chi connectivity index (χ4v) is 1.45. The quantitative estimate of drug-likeness (QED) is 0.397. The summed E-state index contributed by atoms with van der Waals surface area (Å²) < 4.78 is 5.25. The molecule has 0 bridgehead atoms. The van der Waals surface area contributed by atoms with Crippen molar-refractivity contribution in [1.29, 1.82) is 0 Å². The van der Waals surface area contributed by atoms with Crippen LogP contribution in [-0.2, 0) is 103 Å². The van der Waals surface area contributed by atoms with Crippen molar-refractivity contribution < 1.29 is 118 Å². The van der Waals surface area contributed by atoms with Gasteiger partial charge in [0.05, 0.1) is 12.7 Å². The zero-order valence-corrected chi connectivity index (χ0v) is 19.7. The molecule has 4 atom stereocenters. The van der Waals surface area contributed by atoms with E-state index in [0.29, 0.717) is 6.54 Å². The third-order valence-electron chi connectivity index (χ3n) is 2.44. The number of nitrogens with one attached hydrogen (secondary N) is 1. The van der Waals surface area contributed by atoms with Gasteiger partial charge < -0.3 is 25.4 Å². The van der Waals surface area contributed by atoms with Crippen molar-refractivity contribution in [2.75, 3.05) is 13.2 Å². The summed E-state index contributed by atoms with van der Waals surface area (Å²) in [6, 6.07) is 0. The fraction of sp³-hybridized carbons (Fsp3) is 1.00. The average Bonchev–Trinajstić information content (AvgIpc) is 2.12. The molecule has 1 rings (SSSR count). The second kappa shape index (κ2) is 11.6. The Morgan fingerprint density at radius 1 is 1.06 bits per heavy atom. The van der Waals surface area contributed by atoms with E-state index in [1.165, 1.54) is 0 Å². The average molecular weight is 486 g/mol. The Morgan fingerprint density at radius 2 is 1.56 bits per heavy atom. The van der Waals surface area contributed by atoms with Gasteiger partial charge in [-0.1, -0.05) is 0 Å². The molecular formula is C10H21NO4Y3. The summed E-state index contributed by atoms with van der Waals surface area (Å²) in [5.74, 6) is 0. The van der Waals surface area contributed by atoms with E-state index in [1.807, 2.05) is 20.8 Å². The van der Waals surface area contributed by atoms with Crippen molar-refractivity contribution >= 4 is 0 Å². The first-order valence-electron chi connectivity index (χ1n) is 5.22. The van der Waals surface area contributed by atoms with Crippen LogP contribution in [0.15, 0.2) is 0 Å². The van der Waals surface area contributed by atoms with Crippen LogP contribution in [0.3, 0.4) is 0 Å². The Morgan fingerprint density at radius 3 is 2.00 bits per heavy atom. The van der Waals surface area contributed by atoms with Gasteiger partial charge in [-0.25, -0.2) is 0 Å². The van der Waals surface area contributed by atoms with Gasteiger partial charge in [-0.3, -0.25) is 0 Å². The van der Waals surface area contributed by atoms with Crippen LogP contribution in [0.5, 0.6) is 0 Å². The summed E-state index contributed by atoms with van der Waals surface area (Å²) in [6.45, 7) is 6.54. The molecule has 1 fully saturated rings. The maximum absolute atomic E-state index is 9.63. The van der Waals surface area contributed by atoms with Crippen LogP contribution in [-0.4, -0.2) is 58.4 Å². The predicted octanol–water partition coefficient (Wildman–Crippen LogP) is -1.15. The number of rotatable bonds is 2. The largest absolute Gasteiger partial charge is 0.388 e. The third kappa shape index (κ3) is 9.19. The first kappa shape index (κ1) is 26.0. The smallest absolute Gasteiger partial charge is 0.111 e. The molecule has 0 aromatic rings. The molecule has 0 spiro atoms. The molecule has 18 heavy (non-hydrogen) atoms. The van der Waals surface area contributed by atoms with Crippen molar-refractivity contribution in [2.24, 2.45) is 0 Å². The Hall–Kier alpha value is 3.11. The van der Waals surface area contributed by atoms with Crippen molar-refractivity contribution in [3.63, 3.8) is 0 Å². The van der Waals surface area contributed by atoms with E-state index < -0.39 is 24.4 Å². The Labute approximate surface area is 184 Å². The summed E-state index contributed by atoms with van der Waals surface area (Å²) in [7, 11) is 0. The molecule has 1 aliphatic heterocycles. The zero-order chi connectivity index (χ0) is 11.6. The molecule has 99 valence electrons. The van der Waals surface area contributed by atoms with Gasteiger partial charge in [0.25, 0.3) is 0 Å². The van der Waals surface area contributed by atoms with E-state index in [1.54, 1.807) is 0 Å². The first-order chi connectivity index (χ1) is 6.81. The number of ether oxygens (including phenoxy) is 1. The molecule has 0 amide bonds. The first-order valence-corrected chi connectivity index (χ1v) is 5.22. The minimum Gasteiger partial charge on any atom is -0.388 e.